The third-order valence-electron chi connectivity index (χ3n) is 5.17. The van der Waals surface area contributed by atoms with Gasteiger partial charge >= 0.3 is 0 Å². The monoisotopic (exact) mass is 313 g/mol. The van der Waals surface area contributed by atoms with Crippen molar-refractivity contribution < 1.29 is 9.15 Å². The van der Waals surface area contributed by atoms with Crippen LogP contribution in [0.2, 0.25) is 0 Å². The molecule has 1 fully saturated rings. The van der Waals surface area contributed by atoms with E-state index in [0.717, 1.165) is 50.6 Å². The van der Waals surface area contributed by atoms with Crippen molar-refractivity contribution >= 4 is 0 Å². The number of nitrogens with zero attached hydrogens (tertiary/aromatic N) is 3. The summed E-state index contributed by atoms with van der Waals surface area (Å²) in [6.07, 6.45) is 3.19. The molecular weight excluding hydrogens is 290 g/mol. The Morgan fingerprint density at radius 2 is 2.04 bits per heavy atom. The van der Waals surface area contributed by atoms with E-state index in [2.05, 4.69) is 40.2 Å². The van der Waals surface area contributed by atoms with E-state index in [4.69, 9.17) is 9.15 Å². The molecule has 0 spiro atoms. The summed E-state index contributed by atoms with van der Waals surface area (Å²) in [5.41, 5.74) is 2.68. The molecule has 0 amide bonds. The van der Waals surface area contributed by atoms with Crippen molar-refractivity contribution in [2.24, 2.45) is 0 Å². The van der Waals surface area contributed by atoms with Gasteiger partial charge in [0.2, 0.25) is 11.8 Å². The number of hydrogen-bond donors (Lipinski definition) is 0. The predicted octanol–water partition coefficient (Wildman–Crippen LogP) is 3.25. The highest BCUT2D eigenvalue weighted by Crippen LogP contribution is 2.34. The van der Waals surface area contributed by atoms with Gasteiger partial charge < -0.3 is 9.15 Å². The van der Waals surface area contributed by atoms with Gasteiger partial charge in [0.25, 0.3) is 0 Å². The number of ether oxygens (including phenoxy) is 1. The minimum absolute atomic E-state index is 0.406. The normalized spacial score (nSPS) is 20.3. The Labute approximate surface area is 136 Å². The van der Waals surface area contributed by atoms with Crippen LogP contribution in [0.25, 0.3) is 0 Å². The number of piperidine rings is 1. The summed E-state index contributed by atoms with van der Waals surface area (Å²) in [7, 11) is 0. The van der Waals surface area contributed by atoms with E-state index in [9.17, 15) is 0 Å². The van der Waals surface area contributed by atoms with Crippen molar-refractivity contribution in [3.63, 3.8) is 0 Å². The first-order chi connectivity index (χ1) is 11.2. The molecule has 1 aromatic carbocycles. The van der Waals surface area contributed by atoms with Crippen LogP contribution in [-0.2, 0) is 6.42 Å². The number of benzene rings is 1. The van der Waals surface area contributed by atoms with Crippen molar-refractivity contribution in [1.29, 1.82) is 0 Å². The van der Waals surface area contributed by atoms with Gasteiger partial charge in [-0.15, -0.1) is 10.2 Å². The molecular formula is C18H23N3O2. The Bertz CT molecular complexity index is 689. The summed E-state index contributed by atoms with van der Waals surface area (Å²) in [5.74, 6) is 2.95. The SMILES string of the molecule is Cc1nnc(C2CCN([C@H](C)c3ccc4c(c3)OCC4)CC2)o1. The van der Waals surface area contributed by atoms with Crippen molar-refractivity contribution in [3.05, 3.63) is 41.1 Å². The third kappa shape index (κ3) is 2.85. The van der Waals surface area contributed by atoms with Gasteiger partial charge in [0.15, 0.2) is 0 Å². The van der Waals surface area contributed by atoms with E-state index in [-0.39, 0.29) is 0 Å². The molecule has 5 nitrogen and oxygen atoms in total. The second-order valence-corrected chi connectivity index (χ2v) is 6.61. The predicted molar refractivity (Wildman–Crippen MR) is 86.6 cm³/mol. The molecule has 1 aromatic heterocycles. The lowest BCUT2D eigenvalue weighted by atomic mass is 9.94. The summed E-state index contributed by atoms with van der Waals surface area (Å²) in [5, 5.41) is 8.14. The fourth-order valence-electron chi connectivity index (χ4n) is 3.66. The summed E-state index contributed by atoms with van der Waals surface area (Å²) < 4.78 is 11.3. The smallest absolute Gasteiger partial charge is 0.219 e. The molecule has 5 heteroatoms. The first kappa shape index (κ1) is 14.7. The number of hydrogen-bond acceptors (Lipinski definition) is 5. The van der Waals surface area contributed by atoms with Gasteiger partial charge in [-0.05, 0) is 50.0 Å². The zero-order valence-corrected chi connectivity index (χ0v) is 13.8. The molecule has 2 aliphatic rings. The van der Waals surface area contributed by atoms with Crippen LogP contribution < -0.4 is 4.74 Å². The highest BCUT2D eigenvalue weighted by atomic mass is 16.5. The summed E-state index contributed by atoms with van der Waals surface area (Å²) >= 11 is 0. The van der Waals surface area contributed by atoms with Crippen LogP contribution in [0.5, 0.6) is 5.75 Å². The summed E-state index contributed by atoms with van der Waals surface area (Å²) in [4.78, 5) is 2.54. The molecule has 1 saturated heterocycles. The summed E-state index contributed by atoms with van der Waals surface area (Å²) in [6, 6.07) is 7.11. The first-order valence-electron chi connectivity index (χ1n) is 8.50. The molecule has 0 unspecified atom stereocenters. The molecule has 0 aliphatic carbocycles. The van der Waals surface area contributed by atoms with Gasteiger partial charge in [0.05, 0.1) is 6.61 Å². The van der Waals surface area contributed by atoms with E-state index >= 15 is 0 Å². The zero-order chi connectivity index (χ0) is 15.8. The molecule has 23 heavy (non-hydrogen) atoms. The Hall–Kier alpha value is -1.88. The molecule has 3 heterocycles. The molecule has 0 N–H and O–H groups in total. The number of rotatable bonds is 3. The lowest BCUT2D eigenvalue weighted by Crippen LogP contribution is -2.35. The number of aryl methyl sites for hydroxylation is 1. The van der Waals surface area contributed by atoms with Gasteiger partial charge in [-0.1, -0.05) is 12.1 Å². The number of fused-ring (bicyclic) bond motifs is 1. The lowest BCUT2D eigenvalue weighted by molar-refractivity contribution is 0.154. The van der Waals surface area contributed by atoms with E-state index in [1.54, 1.807) is 0 Å². The largest absolute Gasteiger partial charge is 0.493 e. The first-order valence-corrected chi connectivity index (χ1v) is 8.50. The molecule has 0 radical (unpaired) electrons. The second kappa shape index (κ2) is 5.96. The quantitative estimate of drug-likeness (QED) is 0.870. The van der Waals surface area contributed by atoms with Crippen molar-refractivity contribution in [3.8, 4) is 5.75 Å². The highest BCUT2D eigenvalue weighted by Gasteiger charge is 2.28. The minimum Gasteiger partial charge on any atom is -0.493 e. The number of aromatic nitrogens is 2. The fraction of sp³-hybridized carbons (Fsp3) is 0.556. The Kier molecular flexibility index (Phi) is 3.81. The molecule has 0 bridgehead atoms. The number of likely N-dealkylation sites (tertiary alicyclic amines) is 1. The van der Waals surface area contributed by atoms with Gasteiger partial charge in [0, 0.05) is 25.3 Å². The average Bonchev–Trinajstić information content (AvgIpc) is 3.22. The van der Waals surface area contributed by atoms with Crippen LogP contribution >= 0.6 is 0 Å². The minimum atomic E-state index is 0.406. The second-order valence-electron chi connectivity index (χ2n) is 6.61. The highest BCUT2D eigenvalue weighted by molar-refractivity contribution is 5.41. The Morgan fingerprint density at radius 1 is 1.22 bits per heavy atom. The summed E-state index contributed by atoms with van der Waals surface area (Å²) in [6.45, 7) is 7.08. The van der Waals surface area contributed by atoms with Crippen LogP contribution in [0, 0.1) is 6.92 Å². The van der Waals surface area contributed by atoms with Crippen LogP contribution in [-0.4, -0.2) is 34.8 Å². The van der Waals surface area contributed by atoms with E-state index in [0.29, 0.717) is 17.9 Å². The lowest BCUT2D eigenvalue weighted by Gasteiger charge is -2.35. The van der Waals surface area contributed by atoms with Crippen LogP contribution in [0.15, 0.2) is 22.6 Å². The van der Waals surface area contributed by atoms with Crippen LogP contribution in [0.4, 0.5) is 0 Å². The Morgan fingerprint density at radius 3 is 2.78 bits per heavy atom. The maximum Gasteiger partial charge on any atom is 0.219 e. The average molecular weight is 313 g/mol. The van der Waals surface area contributed by atoms with Crippen LogP contribution in [0.1, 0.15) is 54.6 Å². The molecule has 2 aromatic rings. The fourth-order valence-corrected chi connectivity index (χ4v) is 3.66. The topological polar surface area (TPSA) is 51.4 Å². The van der Waals surface area contributed by atoms with Crippen LogP contribution in [0.3, 0.4) is 0 Å². The molecule has 122 valence electrons. The molecule has 4 rings (SSSR count). The Balaban J connectivity index is 1.41. The van der Waals surface area contributed by atoms with Crippen molar-refractivity contribution in [2.45, 2.75) is 45.1 Å². The zero-order valence-electron chi connectivity index (χ0n) is 13.8. The van der Waals surface area contributed by atoms with Crippen molar-refractivity contribution in [2.75, 3.05) is 19.7 Å². The van der Waals surface area contributed by atoms with Gasteiger partial charge in [-0.2, -0.15) is 0 Å². The maximum absolute atomic E-state index is 5.71. The van der Waals surface area contributed by atoms with E-state index in [1.165, 1.54) is 11.1 Å². The molecule has 2 aliphatic heterocycles. The van der Waals surface area contributed by atoms with Crippen molar-refractivity contribution in [1.82, 2.24) is 15.1 Å². The van der Waals surface area contributed by atoms with E-state index in [1.807, 2.05) is 6.92 Å². The van der Waals surface area contributed by atoms with Gasteiger partial charge in [-0.25, -0.2) is 0 Å². The maximum atomic E-state index is 5.71. The van der Waals surface area contributed by atoms with Gasteiger partial charge in [0.1, 0.15) is 5.75 Å². The van der Waals surface area contributed by atoms with Gasteiger partial charge in [-0.3, -0.25) is 4.90 Å². The van der Waals surface area contributed by atoms with E-state index < -0.39 is 0 Å². The third-order valence-corrected chi connectivity index (χ3v) is 5.17. The standard InChI is InChI=1S/C18H23N3O2/c1-12(16-4-3-14-7-10-22-17(14)11-16)21-8-5-15(6-9-21)18-20-19-13(2)23-18/h3-4,11-12,15H,5-10H2,1-2H3/t12-/m1/s1. The molecule has 1 atom stereocenters. The molecule has 0 saturated carbocycles.